The van der Waals surface area contributed by atoms with Crippen LogP contribution in [-0.4, -0.2) is 39.7 Å². The molecule has 0 saturated heterocycles. The quantitative estimate of drug-likeness (QED) is 0.576. The highest BCUT2D eigenvalue weighted by molar-refractivity contribution is 5.83. The maximum atomic E-state index is 11.5. The van der Waals surface area contributed by atoms with Gasteiger partial charge in [-0.05, 0) is 18.8 Å². The van der Waals surface area contributed by atoms with Gasteiger partial charge in [0.1, 0.15) is 11.9 Å². The average molecular weight is 252 g/mol. The van der Waals surface area contributed by atoms with E-state index in [1.165, 1.54) is 0 Å². The van der Waals surface area contributed by atoms with Gasteiger partial charge in [-0.15, -0.1) is 0 Å². The molecule has 1 aromatic rings. The topological polar surface area (TPSA) is 107 Å². The van der Waals surface area contributed by atoms with Crippen LogP contribution >= 0.6 is 0 Å². The molecule has 2 amide bonds. The molecule has 0 aromatic carbocycles. The molecule has 0 bridgehead atoms. The highest BCUT2D eigenvalue weighted by atomic mass is 16.4. The third-order valence-electron chi connectivity index (χ3n) is 2.85. The molecular weight excluding hydrogens is 236 g/mol. The number of aromatic nitrogens is 2. The van der Waals surface area contributed by atoms with E-state index in [-0.39, 0.29) is 5.92 Å². The van der Waals surface area contributed by atoms with E-state index in [2.05, 4.69) is 20.6 Å². The average Bonchev–Trinajstić information content (AvgIpc) is 3.03. The molecule has 0 aliphatic heterocycles. The van der Waals surface area contributed by atoms with Gasteiger partial charge in [-0.1, -0.05) is 0 Å². The SMILES string of the molecule is O=C(NCCc1ncc[nH]1)NC(C(=O)O)C1CC1. The molecule has 7 nitrogen and oxygen atoms in total. The molecule has 2 rings (SSSR count). The zero-order chi connectivity index (χ0) is 13.0. The maximum Gasteiger partial charge on any atom is 0.326 e. The Hall–Kier alpha value is -2.05. The monoisotopic (exact) mass is 252 g/mol. The maximum absolute atomic E-state index is 11.5. The molecule has 1 saturated carbocycles. The molecule has 1 aromatic heterocycles. The minimum atomic E-state index is -0.973. The predicted octanol–water partition coefficient (Wildman–Crippen LogP) is 0.115. The Labute approximate surface area is 104 Å². The summed E-state index contributed by atoms with van der Waals surface area (Å²) in [4.78, 5) is 29.4. The fourth-order valence-corrected chi connectivity index (χ4v) is 1.73. The van der Waals surface area contributed by atoms with E-state index in [1.807, 2.05) is 0 Å². The second-order valence-electron chi connectivity index (χ2n) is 4.34. The van der Waals surface area contributed by atoms with E-state index in [9.17, 15) is 9.59 Å². The van der Waals surface area contributed by atoms with Gasteiger partial charge >= 0.3 is 12.0 Å². The summed E-state index contributed by atoms with van der Waals surface area (Å²) in [6.45, 7) is 0.413. The first-order valence-electron chi connectivity index (χ1n) is 5.92. The minimum absolute atomic E-state index is 0.0818. The number of H-pyrrole nitrogens is 1. The number of hydrogen-bond donors (Lipinski definition) is 4. The fraction of sp³-hybridized carbons (Fsp3) is 0.545. The number of rotatable bonds is 6. The molecule has 18 heavy (non-hydrogen) atoms. The van der Waals surface area contributed by atoms with E-state index < -0.39 is 18.0 Å². The third kappa shape index (κ3) is 3.47. The molecule has 98 valence electrons. The number of carbonyl (C=O) groups is 2. The molecule has 1 aliphatic rings. The van der Waals surface area contributed by atoms with Crippen LogP contribution in [0.4, 0.5) is 4.79 Å². The van der Waals surface area contributed by atoms with Crippen LogP contribution in [0.5, 0.6) is 0 Å². The van der Waals surface area contributed by atoms with Crippen molar-refractivity contribution in [2.24, 2.45) is 5.92 Å². The smallest absolute Gasteiger partial charge is 0.326 e. The second kappa shape index (κ2) is 5.52. The van der Waals surface area contributed by atoms with Crippen molar-refractivity contribution in [2.75, 3.05) is 6.54 Å². The number of carboxylic acid groups (broad SMARTS) is 1. The first-order chi connectivity index (χ1) is 8.66. The lowest BCUT2D eigenvalue weighted by Crippen LogP contribution is -2.47. The van der Waals surface area contributed by atoms with Gasteiger partial charge in [0.25, 0.3) is 0 Å². The summed E-state index contributed by atoms with van der Waals surface area (Å²) in [6, 6.07) is -1.21. The van der Waals surface area contributed by atoms with Crippen LogP contribution in [0.3, 0.4) is 0 Å². The van der Waals surface area contributed by atoms with E-state index in [1.54, 1.807) is 12.4 Å². The molecule has 1 aliphatic carbocycles. The second-order valence-corrected chi connectivity index (χ2v) is 4.34. The van der Waals surface area contributed by atoms with Crippen molar-refractivity contribution in [2.45, 2.75) is 25.3 Å². The lowest BCUT2D eigenvalue weighted by molar-refractivity contribution is -0.139. The summed E-state index contributed by atoms with van der Waals surface area (Å²) in [5, 5.41) is 14.0. The molecule has 1 fully saturated rings. The number of imidazole rings is 1. The lowest BCUT2D eigenvalue weighted by atomic mass is 10.2. The van der Waals surface area contributed by atoms with Crippen molar-refractivity contribution in [1.29, 1.82) is 0 Å². The van der Waals surface area contributed by atoms with Crippen LogP contribution in [0.15, 0.2) is 12.4 Å². The number of nitrogens with one attached hydrogen (secondary N) is 3. The lowest BCUT2D eigenvalue weighted by Gasteiger charge is -2.13. The van der Waals surface area contributed by atoms with Crippen LogP contribution in [0.1, 0.15) is 18.7 Å². The zero-order valence-corrected chi connectivity index (χ0v) is 9.85. The van der Waals surface area contributed by atoms with Gasteiger partial charge in [0.15, 0.2) is 0 Å². The Morgan fingerprint density at radius 3 is 2.89 bits per heavy atom. The highest BCUT2D eigenvalue weighted by Crippen LogP contribution is 2.32. The molecule has 1 heterocycles. The minimum Gasteiger partial charge on any atom is -0.480 e. The molecule has 7 heteroatoms. The molecule has 4 N–H and O–H groups in total. The fourth-order valence-electron chi connectivity index (χ4n) is 1.73. The Bertz CT molecular complexity index is 414. The van der Waals surface area contributed by atoms with Crippen LogP contribution in [0.25, 0.3) is 0 Å². The van der Waals surface area contributed by atoms with Gasteiger partial charge in [-0.25, -0.2) is 14.6 Å². The molecule has 0 spiro atoms. The van der Waals surface area contributed by atoms with Gasteiger partial charge in [0.2, 0.25) is 0 Å². The highest BCUT2D eigenvalue weighted by Gasteiger charge is 2.37. The van der Waals surface area contributed by atoms with E-state index in [0.29, 0.717) is 13.0 Å². The van der Waals surface area contributed by atoms with E-state index >= 15 is 0 Å². The summed E-state index contributed by atoms with van der Waals surface area (Å²) in [6.07, 6.45) is 5.67. The number of urea groups is 1. The van der Waals surface area contributed by atoms with Crippen molar-refractivity contribution >= 4 is 12.0 Å². The van der Waals surface area contributed by atoms with Crippen molar-refractivity contribution in [3.8, 4) is 0 Å². The van der Waals surface area contributed by atoms with Crippen LogP contribution < -0.4 is 10.6 Å². The standard InChI is InChI=1S/C11H16N4O3/c16-10(17)9(7-1-2-7)15-11(18)14-4-3-8-12-5-6-13-8/h5-7,9H,1-4H2,(H,12,13)(H,16,17)(H2,14,15,18). The van der Waals surface area contributed by atoms with Crippen LogP contribution in [-0.2, 0) is 11.2 Å². The largest absolute Gasteiger partial charge is 0.480 e. The number of carboxylic acids is 1. The van der Waals surface area contributed by atoms with Gasteiger partial charge < -0.3 is 20.7 Å². The Morgan fingerprint density at radius 2 is 2.33 bits per heavy atom. The number of aliphatic carboxylic acids is 1. The van der Waals surface area contributed by atoms with E-state index in [4.69, 9.17) is 5.11 Å². The predicted molar refractivity (Wildman–Crippen MR) is 63.0 cm³/mol. The van der Waals surface area contributed by atoms with Gasteiger partial charge in [0, 0.05) is 25.4 Å². The Balaban J connectivity index is 1.69. The van der Waals surface area contributed by atoms with Gasteiger partial charge in [0.05, 0.1) is 0 Å². The normalized spacial score (nSPS) is 16.0. The number of amides is 2. The number of nitrogens with zero attached hydrogens (tertiary/aromatic N) is 1. The first kappa shape index (κ1) is 12.4. The Kier molecular flexibility index (Phi) is 3.81. The first-order valence-corrected chi connectivity index (χ1v) is 5.92. The van der Waals surface area contributed by atoms with Crippen LogP contribution in [0, 0.1) is 5.92 Å². The Morgan fingerprint density at radius 1 is 1.56 bits per heavy atom. The summed E-state index contributed by atoms with van der Waals surface area (Å²) in [7, 11) is 0. The third-order valence-corrected chi connectivity index (χ3v) is 2.85. The number of carbonyl (C=O) groups excluding carboxylic acids is 1. The summed E-state index contributed by atoms with van der Waals surface area (Å²) in [5.74, 6) is -0.107. The molecular formula is C11H16N4O3. The van der Waals surface area contributed by atoms with Crippen molar-refractivity contribution in [1.82, 2.24) is 20.6 Å². The molecule has 1 unspecified atom stereocenters. The van der Waals surface area contributed by atoms with Gasteiger partial charge in [-0.3, -0.25) is 0 Å². The van der Waals surface area contributed by atoms with Crippen molar-refractivity contribution < 1.29 is 14.7 Å². The number of aromatic amines is 1. The van der Waals surface area contributed by atoms with Crippen molar-refractivity contribution in [3.63, 3.8) is 0 Å². The molecule has 1 atom stereocenters. The van der Waals surface area contributed by atoms with Crippen molar-refractivity contribution in [3.05, 3.63) is 18.2 Å². The van der Waals surface area contributed by atoms with E-state index in [0.717, 1.165) is 18.7 Å². The summed E-state index contributed by atoms with van der Waals surface area (Å²) >= 11 is 0. The van der Waals surface area contributed by atoms with Crippen LogP contribution in [0.2, 0.25) is 0 Å². The zero-order valence-electron chi connectivity index (χ0n) is 9.85. The molecule has 0 radical (unpaired) electrons. The summed E-state index contributed by atoms with van der Waals surface area (Å²) < 4.78 is 0. The number of hydrogen-bond acceptors (Lipinski definition) is 3. The summed E-state index contributed by atoms with van der Waals surface area (Å²) in [5.41, 5.74) is 0. The van der Waals surface area contributed by atoms with Gasteiger partial charge in [-0.2, -0.15) is 0 Å².